The number of aliphatic hydroxyl groups excluding tert-OH is 2. The van der Waals surface area contributed by atoms with E-state index in [2.05, 4.69) is 5.32 Å². The van der Waals surface area contributed by atoms with E-state index >= 15 is 0 Å². The number of hydrogen-bond donors (Lipinski definition) is 4. The summed E-state index contributed by atoms with van der Waals surface area (Å²) < 4.78 is 0. The number of hydrogen-bond acceptors (Lipinski definition) is 4. The molecule has 0 radical (unpaired) electrons. The smallest absolute Gasteiger partial charge is 0.220 e. The molecule has 18 heavy (non-hydrogen) atoms. The average molecular weight is 253 g/mol. The van der Waals surface area contributed by atoms with Crippen LogP contribution in [-0.4, -0.2) is 40.5 Å². The molecule has 0 aliphatic carbocycles. The Labute approximate surface area is 106 Å². The van der Waals surface area contributed by atoms with Crippen molar-refractivity contribution in [3.63, 3.8) is 0 Å². The lowest BCUT2D eigenvalue weighted by molar-refractivity contribution is -0.121. The van der Waals surface area contributed by atoms with Gasteiger partial charge in [-0.1, -0.05) is 12.1 Å². The first-order valence-corrected chi connectivity index (χ1v) is 5.95. The quantitative estimate of drug-likeness (QED) is 0.558. The lowest BCUT2D eigenvalue weighted by Crippen LogP contribution is -2.28. The van der Waals surface area contributed by atoms with Gasteiger partial charge in [0.25, 0.3) is 0 Å². The minimum absolute atomic E-state index is 0.108. The van der Waals surface area contributed by atoms with Gasteiger partial charge in [0.15, 0.2) is 0 Å². The van der Waals surface area contributed by atoms with Crippen molar-refractivity contribution in [2.75, 3.05) is 13.2 Å². The molecule has 5 nitrogen and oxygen atoms in total. The molecule has 4 N–H and O–H groups in total. The number of carbonyl (C=O) groups is 1. The van der Waals surface area contributed by atoms with E-state index in [4.69, 9.17) is 10.2 Å². The molecule has 0 spiro atoms. The maximum atomic E-state index is 11.5. The summed E-state index contributed by atoms with van der Waals surface area (Å²) in [5.41, 5.74) is 0.903. The van der Waals surface area contributed by atoms with Gasteiger partial charge < -0.3 is 20.6 Å². The lowest BCUT2D eigenvalue weighted by atomic mass is 10.1. The first-order valence-electron chi connectivity index (χ1n) is 5.95. The highest BCUT2D eigenvalue weighted by Crippen LogP contribution is 2.12. The van der Waals surface area contributed by atoms with E-state index in [1.54, 1.807) is 18.2 Å². The van der Waals surface area contributed by atoms with Crippen LogP contribution < -0.4 is 5.32 Å². The third kappa shape index (κ3) is 5.65. The number of rotatable bonds is 7. The van der Waals surface area contributed by atoms with E-state index in [0.29, 0.717) is 25.8 Å². The molecule has 0 aliphatic heterocycles. The second-order valence-electron chi connectivity index (χ2n) is 4.14. The number of aliphatic hydroxyl groups is 2. The Morgan fingerprint density at radius 1 is 1.39 bits per heavy atom. The molecule has 1 aromatic carbocycles. The molecule has 1 amide bonds. The van der Waals surface area contributed by atoms with Crippen molar-refractivity contribution in [2.24, 2.45) is 0 Å². The molecule has 0 fully saturated rings. The molecular formula is C13H19NO4. The molecule has 0 unspecified atom stereocenters. The van der Waals surface area contributed by atoms with Crippen LogP contribution in [0.1, 0.15) is 18.4 Å². The van der Waals surface area contributed by atoms with E-state index in [9.17, 15) is 9.90 Å². The van der Waals surface area contributed by atoms with Gasteiger partial charge in [-0.2, -0.15) is 0 Å². The summed E-state index contributed by atoms with van der Waals surface area (Å²) in [6.07, 6.45) is 0.451. The first-order chi connectivity index (χ1) is 8.61. The van der Waals surface area contributed by atoms with Gasteiger partial charge in [0.05, 0.1) is 12.7 Å². The number of aryl methyl sites for hydroxylation is 1. The highest BCUT2D eigenvalue weighted by atomic mass is 16.3. The molecule has 0 saturated heterocycles. The van der Waals surface area contributed by atoms with E-state index in [1.165, 1.54) is 0 Å². The molecule has 0 bridgehead atoms. The van der Waals surface area contributed by atoms with E-state index in [1.807, 2.05) is 6.07 Å². The largest absolute Gasteiger partial charge is 0.508 e. The van der Waals surface area contributed by atoms with Crippen molar-refractivity contribution >= 4 is 5.91 Å². The topological polar surface area (TPSA) is 89.8 Å². The second kappa shape index (κ2) is 7.68. The standard InChI is InChI=1S/C13H19NO4/c15-9-12(17)6-7-14-13(18)5-4-10-2-1-3-11(16)8-10/h1-3,8,12,15-17H,4-7,9H2,(H,14,18)/t12-/m0/s1. The first kappa shape index (κ1) is 14.5. The predicted molar refractivity (Wildman–Crippen MR) is 67.1 cm³/mol. The number of phenols is 1. The molecule has 1 rings (SSSR count). The fourth-order valence-corrected chi connectivity index (χ4v) is 1.53. The minimum Gasteiger partial charge on any atom is -0.508 e. The van der Waals surface area contributed by atoms with E-state index in [0.717, 1.165) is 5.56 Å². The minimum atomic E-state index is -0.781. The zero-order valence-electron chi connectivity index (χ0n) is 10.2. The van der Waals surface area contributed by atoms with Gasteiger partial charge in [-0.3, -0.25) is 4.79 Å². The molecule has 1 aromatic rings. The zero-order valence-corrected chi connectivity index (χ0v) is 10.2. The van der Waals surface area contributed by atoms with Crippen molar-refractivity contribution in [3.05, 3.63) is 29.8 Å². The highest BCUT2D eigenvalue weighted by molar-refractivity contribution is 5.76. The predicted octanol–water partition coefficient (Wildman–Crippen LogP) is 0.184. The Hall–Kier alpha value is -1.59. The number of carbonyl (C=O) groups excluding carboxylic acids is 1. The summed E-state index contributed by atoms with van der Waals surface area (Å²) in [7, 11) is 0. The van der Waals surface area contributed by atoms with Gasteiger partial charge in [-0.15, -0.1) is 0 Å². The summed E-state index contributed by atoms with van der Waals surface area (Å²) in [4.78, 5) is 11.5. The van der Waals surface area contributed by atoms with Crippen LogP contribution in [0, 0.1) is 0 Å². The number of amides is 1. The molecule has 5 heteroatoms. The molecule has 100 valence electrons. The molecule has 0 aliphatic rings. The van der Waals surface area contributed by atoms with Gasteiger partial charge in [0.1, 0.15) is 5.75 Å². The van der Waals surface area contributed by atoms with Crippen molar-refractivity contribution < 1.29 is 20.1 Å². The maximum Gasteiger partial charge on any atom is 0.220 e. The number of nitrogens with one attached hydrogen (secondary N) is 1. The Bertz CT molecular complexity index is 381. The van der Waals surface area contributed by atoms with Gasteiger partial charge >= 0.3 is 0 Å². The van der Waals surface area contributed by atoms with Crippen molar-refractivity contribution in [3.8, 4) is 5.75 Å². The van der Waals surface area contributed by atoms with E-state index in [-0.39, 0.29) is 18.3 Å². The molecule has 0 saturated carbocycles. The van der Waals surface area contributed by atoms with Gasteiger partial charge in [0, 0.05) is 13.0 Å². The third-order valence-electron chi connectivity index (χ3n) is 2.56. The van der Waals surface area contributed by atoms with Crippen LogP contribution in [0.4, 0.5) is 0 Å². The van der Waals surface area contributed by atoms with Crippen LogP contribution in [0.15, 0.2) is 24.3 Å². The second-order valence-corrected chi connectivity index (χ2v) is 4.14. The lowest BCUT2D eigenvalue weighted by Gasteiger charge is -2.08. The summed E-state index contributed by atoms with van der Waals surface area (Å²) >= 11 is 0. The summed E-state index contributed by atoms with van der Waals surface area (Å²) in [5.74, 6) is 0.0856. The fraction of sp³-hybridized carbons (Fsp3) is 0.462. The van der Waals surface area contributed by atoms with Crippen LogP contribution in [0.5, 0.6) is 5.75 Å². The van der Waals surface area contributed by atoms with Crippen LogP contribution in [0.2, 0.25) is 0 Å². The Balaban J connectivity index is 2.21. The zero-order chi connectivity index (χ0) is 13.4. The molecule has 1 atom stereocenters. The van der Waals surface area contributed by atoms with Crippen molar-refractivity contribution in [1.29, 1.82) is 0 Å². The summed E-state index contributed by atoms with van der Waals surface area (Å²) in [6.45, 7) is 0.0553. The van der Waals surface area contributed by atoms with Gasteiger partial charge in [-0.25, -0.2) is 0 Å². The monoisotopic (exact) mass is 253 g/mol. The van der Waals surface area contributed by atoms with Crippen LogP contribution in [0.25, 0.3) is 0 Å². The van der Waals surface area contributed by atoms with Gasteiger partial charge in [0.2, 0.25) is 5.91 Å². The molecular weight excluding hydrogens is 234 g/mol. The average Bonchev–Trinajstić information content (AvgIpc) is 2.36. The van der Waals surface area contributed by atoms with Gasteiger partial charge in [-0.05, 0) is 30.5 Å². The maximum absolute atomic E-state index is 11.5. The summed E-state index contributed by atoms with van der Waals surface area (Å²) in [5, 5.41) is 29.6. The fourth-order valence-electron chi connectivity index (χ4n) is 1.53. The Morgan fingerprint density at radius 2 is 2.17 bits per heavy atom. The molecule has 0 aromatic heterocycles. The Morgan fingerprint density at radius 3 is 2.83 bits per heavy atom. The van der Waals surface area contributed by atoms with Crippen LogP contribution in [-0.2, 0) is 11.2 Å². The number of phenolic OH excluding ortho intramolecular Hbond substituents is 1. The Kier molecular flexibility index (Phi) is 6.18. The van der Waals surface area contributed by atoms with Crippen molar-refractivity contribution in [2.45, 2.75) is 25.4 Å². The van der Waals surface area contributed by atoms with Crippen molar-refractivity contribution in [1.82, 2.24) is 5.32 Å². The van der Waals surface area contributed by atoms with Crippen LogP contribution >= 0.6 is 0 Å². The van der Waals surface area contributed by atoms with Crippen LogP contribution in [0.3, 0.4) is 0 Å². The molecule has 0 heterocycles. The van der Waals surface area contributed by atoms with E-state index < -0.39 is 6.10 Å². The third-order valence-corrected chi connectivity index (χ3v) is 2.56. The highest BCUT2D eigenvalue weighted by Gasteiger charge is 2.05. The normalized spacial score (nSPS) is 12.1. The number of benzene rings is 1. The SMILES string of the molecule is O=C(CCc1cccc(O)c1)NCC[C@H](O)CO. The number of aromatic hydroxyl groups is 1. The summed E-state index contributed by atoms with van der Waals surface area (Å²) in [6, 6.07) is 6.80.